The van der Waals surface area contributed by atoms with E-state index in [2.05, 4.69) is 10.6 Å². The van der Waals surface area contributed by atoms with Gasteiger partial charge in [0, 0.05) is 34.2 Å². The van der Waals surface area contributed by atoms with Crippen molar-refractivity contribution in [2.75, 3.05) is 16.4 Å². The van der Waals surface area contributed by atoms with Crippen LogP contribution in [0, 0.1) is 0 Å². The van der Waals surface area contributed by atoms with E-state index in [1.165, 1.54) is 30.8 Å². The number of Topliss-reactive ketones (excluding diaryl/α,β-unsaturated/α-hetero) is 1. The predicted octanol–water partition coefficient (Wildman–Crippen LogP) is 3.51. The Morgan fingerprint density at radius 1 is 1.17 bits per heavy atom. The highest BCUT2D eigenvalue weighted by Gasteiger charge is 2.23. The number of amides is 2. The van der Waals surface area contributed by atoms with Crippen molar-refractivity contribution >= 4 is 50.6 Å². The Morgan fingerprint density at radius 3 is 2.53 bits per heavy atom. The molecular formula is C21H22N2O5S2. The van der Waals surface area contributed by atoms with Gasteiger partial charge in [-0.05, 0) is 49.4 Å². The number of benzene rings is 2. The number of fused-ring (bicyclic) bond motifs is 1. The summed E-state index contributed by atoms with van der Waals surface area (Å²) in [5, 5.41) is 5.47. The van der Waals surface area contributed by atoms with Crippen LogP contribution in [-0.4, -0.2) is 37.0 Å². The topological polar surface area (TPSA) is 109 Å². The van der Waals surface area contributed by atoms with Crippen LogP contribution >= 0.6 is 11.8 Å². The molecule has 2 aromatic rings. The number of hydrogen-bond donors (Lipinski definition) is 2. The summed E-state index contributed by atoms with van der Waals surface area (Å²) < 4.78 is 25.4. The minimum Gasteiger partial charge on any atom is -0.326 e. The zero-order chi connectivity index (χ0) is 21.9. The van der Waals surface area contributed by atoms with Crippen LogP contribution in [0.4, 0.5) is 11.4 Å². The lowest BCUT2D eigenvalue weighted by Crippen LogP contribution is -2.18. The van der Waals surface area contributed by atoms with Crippen LogP contribution in [0.15, 0.2) is 52.3 Å². The molecule has 0 spiro atoms. The van der Waals surface area contributed by atoms with E-state index in [1.54, 1.807) is 30.3 Å². The van der Waals surface area contributed by atoms with Crippen molar-refractivity contribution in [3.8, 4) is 0 Å². The fourth-order valence-electron chi connectivity index (χ4n) is 2.98. The van der Waals surface area contributed by atoms with Crippen molar-refractivity contribution in [1.82, 2.24) is 0 Å². The molecule has 7 nitrogen and oxygen atoms in total. The first-order valence-corrected chi connectivity index (χ1v) is 11.9. The maximum atomic E-state index is 12.7. The van der Waals surface area contributed by atoms with Crippen LogP contribution in [0.3, 0.4) is 0 Å². The second-order valence-electron chi connectivity index (χ2n) is 7.09. The molecule has 0 aromatic heterocycles. The summed E-state index contributed by atoms with van der Waals surface area (Å²) >= 11 is 1.51. The number of hydrogen-bond acceptors (Lipinski definition) is 6. The normalized spacial score (nSPS) is 16.2. The lowest BCUT2D eigenvalue weighted by atomic mass is 10.1. The van der Waals surface area contributed by atoms with Gasteiger partial charge in [-0.3, -0.25) is 14.4 Å². The van der Waals surface area contributed by atoms with Crippen molar-refractivity contribution < 1.29 is 22.8 Å². The summed E-state index contributed by atoms with van der Waals surface area (Å²) in [6.45, 7) is 3.39. The average Bonchev–Trinajstić information content (AvgIpc) is 2.82. The summed E-state index contributed by atoms with van der Waals surface area (Å²) in [6.07, 6.45) is 0.140. The average molecular weight is 447 g/mol. The molecule has 0 unspecified atom stereocenters. The molecule has 2 aromatic carbocycles. The first-order chi connectivity index (χ1) is 14.1. The third kappa shape index (κ3) is 5.48. The zero-order valence-corrected chi connectivity index (χ0v) is 18.2. The van der Waals surface area contributed by atoms with Crippen molar-refractivity contribution in [2.45, 2.75) is 41.7 Å². The van der Waals surface area contributed by atoms with Gasteiger partial charge in [0.05, 0.1) is 16.3 Å². The van der Waals surface area contributed by atoms with Gasteiger partial charge in [0.15, 0.2) is 15.6 Å². The highest BCUT2D eigenvalue weighted by atomic mass is 32.2. The highest BCUT2D eigenvalue weighted by molar-refractivity contribution is 8.00. The number of rotatable bonds is 6. The predicted molar refractivity (Wildman–Crippen MR) is 117 cm³/mol. The Hall–Kier alpha value is -2.65. The van der Waals surface area contributed by atoms with E-state index in [1.807, 2.05) is 6.92 Å². The molecule has 0 fully saturated rings. The lowest BCUT2D eigenvalue weighted by molar-refractivity contribution is -0.116. The van der Waals surface area contributed by atoms with Crippen LogP contribution in [0.5, 0.6) is 0 Å². The molecule has 0 radical (unpaired) electrons. The summed E-state index contributed by atoms with van der Waals surface area (Å²) in [5.41, 5.74) is 1.49. The molecule has 0 saturated carbocycles. The third-order valence-corrected chi connectivity index (χ3v) is 7.45. The Kier molecular flexibility index (Phi) is 6.62. The fourth-order valence-corrected chi connectivity index (χ4v) is 5.29. The molecule has 1 atom stereocenters. The van der Waals surface area contributed by atoms with Crippen LogP contribution in [0.1, 0.15) is 37.0 Å². The van der Waals surface area contributed by atoms with Gasteiger partial charge in [-0.25, -0.2) is 8.42 Å². The molecule has 3 rings (SSSR count). The molecule has 1 aliphatic heterocycles. The Morgan fingerprint density at radius 2 is 1.87 bits per heavy atom. The van der Waals surface area contributed by atoms with Crippen molar-refractivity contribution in [2.24, 2.45) is 0 Å². The molecule has 2 amide bonds. The lowest BCUT2D eigenvalue weighted by Gasteiger charge is -2.11. The van der Waals surface area contributed by atoms with Gasteiger partial charge < -0.3 is 10.6 Å². The maximum absolute atomic E-state index is 12.7. The van der Waals surface area contributed by atoms with Gasteiger partial charge >= 0.3 is 0 Å². The SMILES string of the molecule is CC(=O)c1ccc(NC(=O)CCS(=O)(=O)c2ccc3c(c2)NC(=O)C[C@@H](C)S3)cc1. The van der Waals surface area contributed by atoms with Gasteiger partial charge in [-0.15, -0.1) is 11.8 Å². The quantitative estimate of drug-likeness (QED) is 0.657. The summed E-state index contributed by atoms with van der Waals surface area (Å²) in [6, 6.07) is 11.0. The Balaban J connectivity index is 1.65. The number of nitrogens with one attached hydrogen (secondary N) is 2. The number of carbonyl (C=O) groups excluding carboxylic acids is 3. The molecule has 2 N–H and O–H groups in total. The summed E-state index contributed by atoms with van der Waals surface area (Å²) in [4.78, 5) is 36.3. The largest absolute Gasteiger partial charge is 0.326 e. The van der Waals surface area contributed by atoms with E-state index in [-0.39, 0.29) is 34.0 Å². The fraction of sp³-hybridized carbons (Fsp3) is 0.286. The van der Waals surface area contributed by atoms with Gasteiger partial charge in [0.2, 0.25) is 11.8 Å². The van der Waals surface area contributed by atoms with E-state index < -0.39 is 15.7 Å². The van der Waals surface area contributed by atoms with Crippen LogP contribution < -0.4 is 10.6 Å². The van der Waals surface area contributed by atoms with Crippen LogP contribution in [0.25, 0.3) is 0 Å². The van der Waals surface area contributed by atoms with Crippen molar-refractivity contribution in [3.05, 3.63) is 48.0 Å². The number of thioether (sulfide) groups is 1. The second kappa shape index (κ2) is 9.01. The first-order valence-electron chi connectivity index (χ1n) is 9.38. The summed E-state index contributed by atoms with van der Waals surface area (Å²) in [7, 11) is -3.71. The monoisotopic (exact) mass is 446 g/mol. The molecule has 30 heavy (non-hydrogen) atoms. The molecular weight excluding hydrogens is 424 g/mol. The van der Waals surface area contributed by atoms with Gasteiger partial charge in [-0.2, -0.15) is 0 Å². The minimum atomic E-state index is -3.71. The van der Waals surface area contributed by atoms with E-state index >= 15 is 0 Å². The summed E-state index contributed by atoms with van der Waals surface area (Å²) in [5.74, 6) is -1.04. The smallest absolute Gasteiger partial charge is 0.225 e. The van der Waals surface area contributed by atoms with Crippen LogP contribution in [0.2, 0.25) is 0 Å². The van der Waals surface area contributed by atoms with Crippen LogP contribution in [-0.2, 0) is 19.4 Å². The molecule has 0 aliphatic carbocycles. The van der Waals surface area contributed by atoms with E-state index in [0.717, 1.165) is 4.90 Å². The Labute approximate surface area is 179 Å². The third-order valence-electron chi connectivity index (χ3n) is 4.56. The Bertz CT molecular complexity index is 1090. The number of carbonyl (C=O) groups is 3. The molecule has 1 heterocycles. The van der Waals surface area contributed by atoms with E-state index in [9.17, 15) is 22.8 Å². The number of sulfone groups is 1. The molecule has 1 aliphatic rings. The number of anilines is 2. The minimum absolute atomic E-state index is 0.0651. The molecule has 0 saturated heterocycles. The molecule has 0 bridgehead atoms. The zero-order valence-electron chi connectivity index (χ0n) is 16.6. The highest BCUT2D eigenvalue weighted by Crippen LogP contribution is 2.36. The van der Waals surface area contributed by atoms with Gasteiger partial charge in [0.25, 0.3) is 0 Å². The maximum Gasteiger partial charge on any atom is 0.225 e. The van der Waals surface area contributed by atoms with E-state index in [0.29, 0.717) is 23.4 Å². The standard InChI is InChI=1S/C21H22N2O5S2/c1-13-11-21(26)23-18-12-17(7-8-19(18)29-13)30(27,28)10-9-20(25)22-16-5-3-15(4-6-16)14(2)24/h3-8,12-13H,9-11H2,1-2H3,(H,22,25)(H,23,26)/t13-/m1/s1. The van der Waals surface area contributed by atoms with Crippen molar-refractivity contribution in [3.63, 3.8) is 0 Å². The van der Waals surface area contributed by atoms with Gasteiger partial charge in [-0.1, -0.05) is 6.92 Å². The van der Waals surface area contributed by atoms with Crippen molar-refractivity contribution in [1.29, 1.82) is 0 Å². The number of ketones is 1. The first kappa shape index (κ1) is 22.0. The van der Waals surface area contributed by atoms with E-state index in [4.69, 9.17) is 0 Å². The molecule has 158 valence electrons. The molecule has 9 heteroatoms. The second-order valence-corrected chi connectivity index (χ2v) is 10.7. The van der Waals surface area contributed by atoms with Gasteiger partial charge in [0.1, 0.15) is 0 Å².